The van der Waals surface area contributed by atoms with Gasteiger partial charge in [-0.2, -0.15) is 0 Å². The highest BCUT2D eigenvalue weighted by Gasteiger charge is 2.38. The number of hydrogen-bond donors (Lipinski definition) is 1. The highest BCUT2D eigenvalue weighted by Crippen LogP contribution is 2.44. The van der Waals surface area contributed by atoms with Crippen molar-refractivity contribution in [1.29, 1.82) is 0 Å². The van der Waals surface area contributed by atoms with Crippen molar-refractivity contribution in [3.05, 3.63) is 35.4 Å². The van der Waals surface area contributed by atoms with Crippen molar-refractivity contribution < 1.29 is 9.90 Å². The van der Waals surface area contributed by atoms with Gasteiger partial charge in [-0.05, 0) is 30.9 Å². The zero-order valence-corrected chi connectivity index (χ0v) is 9.70. The number of rotatable bonds is 3. The van der Waals surface area contributed by atoms with E-state index in [9.17, 15) is 4.79 Å². The van der Waals surface area contributed by atoms with Crippen LogP contribution in [0.25, 0.3) is 0 Å². The largest absolute Gasteiger partial charge is 0.481 e. The van der Waals surface area contributed by atoms with Crippen LogP contribution in [0.1, 0.15) is 43.2 Å². The predicted octanol–water partition coefficient (Wildman–Crippen LogP) is 3.28. The minimum absolute atomic E-state index is 0.100. The van der Waals surface area contributed by atoms with Gasteiger partial charge in [0, 0.05) is 5.41 Å². The molecule has 1 fully saturated rings. The van der Waals surface area contributed by atoms with Gasteiger partial charge in [-0.25, -0.2) is 0 Å². The molecule has 2 heteroatoms. The van der Waals surface area contributed by atoms with Crippen molar-refractivity contribution in [2.75, 3.05) is 0 Å². The lowest BCUT2D eigenvalue weighted by atomic mass is 9.74. The molecule has 0 aromatic heterocycles. The minimum atomic E-state index is -0.676. The van der Waals surface area contributed by atoms with Gasteiger partial charge in [0.2, 0.25) is 0 Å². The second-order valence-electron chi connectivity index (χ2n) is 4.87. The number of carboxylic acids is 1. The maximum atomic E-state index is 11.0. The molecule has 16 heavy (non-hydrogen) atoms. The maximum absolute atomic E-state index is 11.0. The molecule has 0 bridgehead atoms. The fourth-order valence-electron chi connectivity index (χ4n) is 3.05. The third-order valence-electron chi connectivity index (χ3n) is 3.77. The average molecular weight is 218 g/mol. The van der Waals surface area contributed by atoms with Crippen LogP contribution in [0.4, 0.5) is 0 Å². The van der Waals surface area contributed by atoms with Crippen molar-refractivity contribution in [3.8, 4) is 0 Å². The first-order valence-corrected chi connectivity index (χ1v) is 5.92. The first kappa shape index (κ1) is 11.2. The van der Waals surface area contributed by atoms with Crippen LogP contribution in [-0.4, -0.2) is 11.1 Å². The Hall–Kier alpha value is -1.31. The summed E-state index contributed by atoms with van der Waals surface area (Å²) in [5, 5.41) is 9.09. The fourth-order valence-corrected chi connectivity index (χ4v) is 3.05. The van der Waals surface area contributed by atoms with Crippen LogP contribution in [0.15, 0.2) is 24.3 Å². The second kappa shape index (κ2) is 4.28. The van der Waals surface area contributed by atoms with Gasteiger partial charge >= 0.3 is 5.97 Å². The Kier molecular flexibility index (Phi) is 2.99. The summed E-state index contributed by atoms with van der Waals surface area (Å²) in [7, 11) is 0. The van der Waals surface area contributed by atoms with Crippen LogP contribution in [0.3, 0.4) is 0 Å². The second-order valence-corrected chi connectivity index (χ2v) is 4.87. The van der Waals surface area contributed by atoms with Crippen LogP contribution in [0.5, 0.6) is 0 Å². The molecule has 1 aliphatic carbocycles. The topological polar surface area (TPSA) is 37.3 Å². The molecule has 1 aromatic carbocycles. The number of benzene rings is 1. The van der Waals surface area contributed by atoms with E-state index in [2.05, 4.69) is 19.1 Å². The van der Waals surface area contributed by atoms with E-state index in [0.29, 0.717) is 0 Å². The van der Waals surface area contributed by atoms with E-state index in [-0.39, 0.29) is 11.8 Å². The van der Waals surface area contributed by atoms with Gasteiger partial charge in [-0.15, -0.1) is 0 Å². The summed E-state index contributed by atoms with van der Waals surface area (Å²) in [6.07, 6.45) is 4.62. The molecular weight excluding hydrogens is 200 g/mol. The van der Waals surface area contributed by atoms with Gasteiger partial charge in [-0.3, -0.25) is 4.79 Å². The van der Waals surface area contributed by atoms with Crippen molar-refractivity contribution in [3.63, 3.8) is 0 Å². The van der Waals surface area contributed by atoms with Crippen molar-refractivity contribution in [2.45, 2.75) is 44.4 Å². The molecule has 2 nitrogen and oxygen atoms in total. The summed E-state index contributed by atoms with van der Waals surface area (Å²) >= 11 is 0. The zero-order valence-electron chi connectivity index (χ0n) is 9.70. The Morgan fingerprint density at radius 2 is 1.94 bits per heavy atom. The molecule has 0 unspecified atom stereocenters. The molecule has 0 heterocycles. The molecule has 1 aromatic rings. The van der Waals surface area contributed by atoms with Crippen LogP contribution < -0.4 is 0 Å². The first-order valence-electron chi connectivity index (χ1n) is 5.92. The van der Waals surface area contributed by atoms with Crippen LogP contribution in [0, 0.1) is 6.92 Å². The van der Waals surface area contributed by atoms with E-state index in [4.69, 9.17) is 5.11 Å². The molecule has 0 saturated heterocycles. The SMILES string of the molecule is Cc1ccccc1C1(CC(=O)O)CCCC1. The standard InChI is InChI=1S/C14H18O2/c1-11-6-2-3-7-12(11)14(10-13(15)16)8-4-5-9-14/h2-3,6-7H,4-5,8-10H2,1H3,(H,15,16). The van der Waals surface area contributed by atoms with E-state index in [1.807, 2.05) is 12.1 Å². The Labute approximate surface area is 96.3 Å². The van der Waals surface area contributed by atoms with Crippen molar-refractivity contribution in [1.82, 2.24) is 0 Å². The first-order chi connectivity index (χ1) is 7.64. The average Bonchev–Trinajstić information content (AvgIpc) is 2.67. The quantitative estimate of drug-likeness (QED) is 0.845. The van der Waals surface area contributed by atoms with Crippen molar-refractivity contribution >= 4 is 5.97 Å². The third kappa shape index (κ3) is 1.97. The minimum Gasteiger partial charge on any atom is -0.481 e. The van der Waals surface area contributed by atoms with Crippen molar-refractivity contribution in [2.24, 2.45) is 0 Å². The van der Waals surface area contributed by atoms with Crippen LogP contribution in [-0.2, 0) is 10.2 Å². The molecule has 0 atom stereocenters. The molecule has 0 amide bonds. The van der Waals surface area contributed by atoms with Gasteiger partial charge < -0.3 is 5.11 Å². The highest BCUT2D eigenvalue weighted by molar-refractivity contribution is 5.69. The molecule has 2 rings (SSSR count). The van der Waals surface area contributed by atoms with Gasteiger partial charge in [0.1, 0.15) is 0 Å². The summed E-state index contributed by atoms with van der Waals surface area (Å²) in [5.41, 5.74) is 2.37. The Balaban J connectivity index is 2.39. The summed E-state index contributed by atoms with van der Waals surface area (Å²) in [6.45, 7) is 2.08. The Morgan fingerprint density at radius 3 is 2.50 bits per heavy atom. The van der Waals surface area contributed by atoms with E-state index >= 15 is 0 Å². The lowest BCUT2D eigenvalue weighted by molar-refractivity contribution is -0.138. The van der Waals surface area contributed by atoms with E-state index in [0.717, 1.165) is 25.7 Å². The van der Waals surface area contributed by atoms with E-state index < -0.39 is 5.97 Å². The highest BCUT2D eigenvalue weighted by atomic mass is 16.4. The molecule has 1 aliphatic rings. The molecule has 0 spiro atoms. The Bertz CT molecular complexity index is 389. The van der Waals surface area contributed by atoms with Crippen LogP contribution >= 0.6 is 0 Å². The predicted molar refractivity (Wildman–Crippen MR) is 63.6 cm³/mol. The number of hydrogen-bond acceptors (Lipinski definition) is 1. The normalized spacial score (nSPS) is 18.6. The van der Waals surface area contributed by atoms with Gasteiger partial charge in [0.05, 0.1) is 6.42 Å². The van der Waals surface area contributed by atoms with Gasteiger partial charge in [0.25, 0.3) is 0 Å². The molecule has 0 aliphatic heterocycles. The molecule has 1 saturated carbocycles. The molecule has 0 radical (unpaired) electrons. The molecule has 1 N–H and O–H groups in total. The number of carboxylic acid groups (broad SMARTS) is 1. The number of aryl methyl sites for hydroxylation is 1. The summed E-state index contributed by atoms with van der Waals surface area (Å²) in [4.78, 5) is 11.0. The smallest absolute Gasteiger partial charge is 0.304 e. The molecular formula is C14H18O2. The van der Waals surface area contributed by atoms with Gasteiger partial charge in [-0.1, -0.05) is 37.1 Å². The summed E-state index contributed by atoms with van der Waals surface area (Å²) in [5.74, 6) is -0.676. The summed E-state index contributed by atoms with van der Waals surface area (Å²) < 4.78 is 0. The van der Waals surface area contributed by atoms with Gasteiger partial charge in [0.15, 0.2) is 0 Å². The fraction of sp³-hybridized carbons (Fsp3) is 0.500. The summed E-state index contributed by atoms with van der Waals surface area (Å²) in [6, 6.07) is 8.22. The van der Waals surface area contributed by atoms with E-state index in [1.165, 1.54) is 11.1 Å². The Morgan fingerprint density at radius 1 is 1.31 bits per heavy atom. The molecule has 86 valence electrons. The van der Waals surface area contributed by atoms with E-state index in [1.54, 1.807) is 0 Å². The zero-order chi connectivity index (χ0) is 11.6. The van der Waals surface area contributed by atoms with Crippen LogP contribution in [0.2, 0.25) is 0 Å². The number of aliphatic carboxylic acids is 1. The lowest BCUT2D eigenvalue weighted by Crippen LogP contribution is -2.26. The third-order valence-corrected chi connectivity index (χ3v) is 3.77. The monoisotopic (exact) mass is 218 g/mol. The maximum Gasteiger partial charge on any atom is 0.304 e. The lowest BCUT2D eigenvalue weighted by Gasteiger charge is -2.29. The number of carbonyl (C=O) groups is 1.